The quantitative estimate of drug-likeness (QED) is 0.880. The van der Waals surface area contributed by atoms with Crippen LogP contribution in [0.5, 0.6) is 5.75 Å². The van der Waals surface area contributed by atoms with E-state index in [1.165, 1.54) is 0 Å². The topological polar surface area (TPSA) is 47.6 Å². The molecule has 1 amide bonds. The molecule has 2 rings (SSSR count). The Kier molecular flexibility index (Phi) is 4.51. The van der Waals surface area contributed by atoms with E-state index in [1.807, 2.05) is 45.9 Å². The number of hydrogen-bond acceptors (Lipinski definition) is 3. The van der Waals surface area contributed by atoms with Gasteiger partial charge >= 0.3 is 6.09 Å². The van der Waals surface area contributed by atoms with Gasteiger partial charge in [-0.25, -0.2) is 4.79 Å². The van der Waals surface area contributed by atoms with Crippen molar-refractivity contribution in [2.24, 2.45) is 0 Å². The summed E-state index contributed by atoms with van der Waals surface area (Å²) in [5, 5.41) is 2.93. The monoisotopic (exact) mass is 355 g/mol. The van der Waals surface area contributed by atoms with Crippen molar-refractivity contribution in [1.82, 2.24) is 5.32 Å². The van der Waals surface area contributed by atoms with E-state index in [-0.39, 0.29) is 11.6 Å². The van der Waals surface area contributed by atoms with Crippen LogP contribution in [0.4, 0.5) is 4.79 Å². The van der Waals surface area contributed by atoms with E-state index in [2.05, 4.69) is 21.2 Å². The number of hydrogen-bond donors (Lipinski definition) is 1. The molecule has 5 heteroatoms. The Morgan fingerprint density at radius 1 is 1.38 bits per heavy atom. The molecule has 0 unspecified atom stereocenters. The number of benzene rings is 1. The van der Waals surface area contributed by atoms with Crippen molar-refractivity contribution in [2.45, 2.75) is 51.7 Å². The molecule has 116 valence electrons. The second-order valence-corrected chi connectivity index (χ2v) is 7.44. The highest BCUT2D eigenvalue weighted by molar-refractivity contribution is 9.10. The molecule has 0 heterocycles. The zero-order valence-electron chi connectivity index (χ0n) is 13.0. The molecule has 1 aromatic rings. The average molecular weight is 356 g/mol. The Morgan fingerprint density at radius 2 is 2.05 bits per heavy atom. The lowest BCUT2D eigenvalue weighted by atomic mass is 10.2. The van der Waals surface area contributed by atoms with E-state index in [1.54, 1.807) is 0 Å². The highest BCUT2D eigenvalue weighted by Crippen LogP contribution is 2.38. The molecule has 1 saturated carbocycles. The van der Waals surface area contributed by atoms with E-state index in [0.29, 0.717) is 6.61 Å². The zero-order valence-corrected chi connectivity index (χ0v) is 14.5. The third kappa shape index (κ3) is 4.63. The maximum atomic E-state index is 11.9. The van der Waals surface area contributed by atoms with Crippen molar-refractivity contribution in [2.75, 3.05) is 6.61 Å². The number of halogens is 1. The van der Waals surface area contributed by atoms with Crippen LogP contribution in [0.2, 0.25) is 0 Å². The summed E-state index contributed by atoms with van der Waals surface area (Å²) < 4.78 is 12.1. The van der Waals surface area contributed by atoms with Crippen LogP contribution < -0.4 is 10.1 Å². The molecule has 1 aromatic carbocycles. The van der Waals surface area contributed by atoms with Crippen LogP contribution in [0.15, 0.2) is 22.7 Å². The van der Waals surface area contributed by atoms with Gasteiger partial charge in [0.2, 0.25) is 0 Å². The fraction of sp³-hybridized carbons (Fsp3) is 0.562. The van der Waals surface area contributed by atoms with Crippen LogP contribution in [0.25, 0.3) is 0 Å². The molecule has 21 heavy (non-hydrogen) atoms. The summed E-state index contributed by atoms with van der Waals surface area (Å²) in [5.41, 5.74) is 0.293. The number of ether oxygens (including phenoxy) is 2. The van der Waals surface area contributed by atoms with E-state index < -0.39 is 5.60 Å². The smallest absolute Gasteiger partial charge is 0.408 e. The number of amides is 1. The van der Waals surface area contributed by atoms with E-state index >= 15 is 0 Å². The van der Waals surface area contributed by atoms with Gasteiger partial charge in [-0.3, -0.25) is 0 Å². The number of carbonyl (C=O) groups is 1. The molecule has 1 N–H and O–H groups in total. The summed E-state index contributed by atoms with van der Waals surface area (Å²) >= 11 is 3.49. The van der Waals surface area contributed by atoms with Crippen molar-refractivity contribution in [3.8, 4) is 5.75 Å². The number of para-hydroxylation sites is 1. The molecule has 1 aliphatic carbocycles. The second kappa shape index (κ2) is 5.87. The molecule has 0 saturated heterocycles. The van der Waals surface area contributed by atoms with Crippen molar-refractivity contribution in [1.29, 1.82) is 0 Å². The van der Waals surface area contributed by atoms with Gasteiger partial charge in [0.05, 0.1) is 10.0 Å². The van der Waals surface area contributed by atoms with Gasteiger partial charge < -0.3 is 14.8 Å². The molecular weight excluding hydrogens is 334 g/mol. The number of rotatable bonds is 4. The van der Waals surface area contributed by atoms with E-state index in [9.17, 15) is 4.79 Å². The van der Waals surface area contributed by atoms with Crippen LogP contribution in [0.3, 0.4) is 0 Å². The average Bonchev–Trinajstić information content (AvgIpc) is 3.05. The molecular formula is C16H22BrNO3. The Balaban J connectivity index is 1.92. The van der Waals surface area contributed by atoms with Gasteiger partial charge in [0.1, 0.15) is 18.0 Å². The van der Waals surface area contributed by atoms with Gasteiger partial charge in [-0.1, -0.05) is 12.1 Å². The van der Waals surface area contributed by atoms with Crippen LogP contribution >= 0.6 is 15.9 Å². The first-order valence-corrected chi connectivity index (χ1v) is 7.89. The third-order valence-electron chi connectivity index (χ3n) is 3.28. The van der Waals surface area contributed by atoms with Crippen molar-refractivity contribution >= 4 is 22.0 Å². The third-order valence-corrected chi connectivity index (χ3v) is 3.90. The van der Waals surface area contributed by atoms with Crippen LogP contribution in [0.1, 0.15) is 39.2 Å². The standard InChI is InChI=1S/C16H22BrNO3/c1-11-6-5-7-12(17)13(11)20-10-16(8-9-16)18-14(19)21-15(2,3)4/h5-7H,8-10H2,1-4H3,(H,18,19). The predicted molar refractivity (Wildman–Crippen MR) is 85.7 cm³/mol. The lowest BCUT2D eigenvalue weighted by molar-refractivity contribution is 0.0477. The molecule has 1 aliphatic rings. The van der Waals surface area contributed by atoms with E-state index in [4.69, 9.17) is 9.47 Å². The minimum absolute atomic E-state index is 0.288. The highest BCUT2D eigenvalue weighted by atomic mass is 79.9. The summed E-state index contributed by atoms with van der Waals surface area (Å²) in [7, 11) is 0. The number of aryl methyl sites for hydroxylation is 1. The largest absolute Gasteiger partial charge is 0.490 e. The van der Waals surface area contributed by atoms with Gasteiger partial charge in [0.15, 0.2) is 0 Å². The maximum Gasteiger partial charge on any atom is 0.408 e. The fourth-order valence-corrected chi connectivity index (χ4v) is 2.57. The molecule has 0 atom stereocenters. The summed E-state index contributed by atoms with van der Waals surface area (Å²) in [5.74, 6) is 0.828. The lowest BCUT2D eigenvalue weighted by Crippen LogP contribution is -2.44. The first-order chi connectivity index (χ1) is 9.71. The molecule has 1 fully saturated rings. The minimum atomic E-state index is -0.486. The Hall–Kier alpha value is -1.23. The van der Waals surface area contributed by atoms with Gasteiger partial charge in [-0.15, -0.1) is 0 Å². The summed E-state index contributed by atoms with van der Waals surface area (Å²) in [6.45, 7) is 8.02. The predicted octanol–water partition coefficient (Wildman–Crippen LogP) is 4.19. The van der Waals surface area contributed by atoms with Gasteiger partial charge in [0, 0.05) is 0 Å². The Bertz CT molecular complexity index is 513. The summed E-state index contributed by atoms with van der Waals surface area (Å²) in [4.78, 5) is 11.9. The zero-order chi connectivity index (χ0) is 15.7. The van der Waals surface area contributed by atoms with Crippen LogP contribution in [-0.2, 0) is 4.74 Å². The number of nitrogens with one attached hydrogen (secondary N) is 1. The number of carbonyl (C=O) groups excluding carboxylic acids is 1. The molecule has 0 bridgehead atoms. The molecule has 0 radical (unpaired) electrons. The van der Waals surface area contributed by atoms with E-state index in [0.717, 1.165) is 28.6 Å². The van der Waals surface area contributed by atoms with Gasteiger partial charge in [-0.2, -0.15) is 0 Å². The van der Waals surface area contributed by atoms with Crippen LogP contribution in [-0.4, -0.2) is 23.8 Å². The Labute approximate surface area is 134 Å². The van der Waals surface area contributed by atoms with Crippen LogP contribution in [0, 0.1) is 6.92 Å². The SMILES string of the molecule is Cc1cccc(Br)c1OCC1(NC(=O)OC(C)(C)C)CC1. The van der Waals surface area contributed by atoms with Gasteiger partial charge in [-0.05, 0) is 68.1 Å². The molecule has 0 spiro atoms. The second-order valence-electron chi connectivity index (χ2n) is 6.58. The molecule has 4 nitrogen and oxygen atoms in total. The summed E-state index contributed by atoms with van der Waals surface area (Å²) in [6, 6.07) is 5.92. The minimum Gasteiger partial charge on any atom is -0.490 e. The van der Waals surface area contributed by atoms with Crippen molar-refractivity contribution < 1.29 is 14.3 Å². The maximum absolute atomic E-state index is 11.9. The summed E-state index contributed by atoms with van der Waals surface area (Å²) in [6.07, 6.45) is 1.44. The fourth-order valence-electron chi connectivity index (χ4n) is 1.99. The van der Waals surface area contributed by atoms with Crippen molar-refractivity contribution in [3.05, 3.63) is 28.2 Å². The first kappa shape index (κ1) is 16.1. The number of alkyl carbamates (subject to hydrolysis) is 1. The molecule has 0 aliphatic heterocycles. The van der Waals surface area contributed by atoms with Gasteiger partial charge in [0.25, 0.3) is 0 Å². The van der Waals surface area contributed by atoms with Crippen molar-refractivity contribution in [3.63, 3.8) is 0 Å². The first-order valence-electron chi connectivity index (χ1n) is 7.10. The normalized spacial score (nSPS) is 16.2. The Morgan fingerprint density at radius 3 is 2.57 bits per heavy atom. The molecule has 0 aromatic heterocycles. The highest BCUT2D eigenvalue weighted by Gasteiger charge is 2.46. The lowest BCUT2D eigenvalue weighted by Gasteiger charge is -2.24.